The molecule has 1 aromatic rings. The molecule has 2 saturated heterocycles. The van der Waals surface area contributed by atoms with E-state index in [4.69, 9.17) is 0 Å². The summed E-state index contributed by atoms with van der Waals surface area (Å²) in [5, 5.41) is 9.14. The maximum Gasteiger partial charge on any atom is 0.262 e. The molecule has 0 aliphatic carbocycles. The molecule has 0 radical (unpaired) electrons. The topological polar surface area (TPSA) is 108 Å². The first-order valence-corrected chi connectivity index (χ1v) is 9.77. The normalized spacial score (nSPS) is 27.8. The van der Waals surface area contributed by atoms with Crippen molar-refractivity contribution in [3.05, 3.63) is 34.9 Å². The highest BCUT2D eigenvalue weighted by molar-refractivity contribution is 6.24. The summed E-state index contributed by atoms with van der Waals surface area (Å²) in [4.78, 5) is 50.5. The highest BCUT2D eigenvalue weighted by atomic mass is 16.2. The summed E-state index contributed by atoms with van der Waals surface area (Å²) in [5.41, 5.74) is 1.44. The van der Waals surface area contributed by atoms with Crippen LogP contribution in [0.4, 0.5) is 0 Å². The van der Waals surface area contributed by atoms with Crippen molar-refractivity contribution in [2.75, 3.05) is 6.54 Å². The Bertz CT molecular complexity index is 853. The number of benzene rings is 1. The van der Waals surface area contributed by atoms with E-state index < -0.39 is 23.8 Å². The number of amides is 4. The molecule has 1 aromatic carbocycles. The molecule has 0 saturated carbocycles. The van der Waals surface area contributed by atoms with Crippen molar-refractivity contribution in [1.29, 1.82) is 0 Å². The van der Waals surface area contributed by atoms with Gasteiger partial charge >= 0.3 is 0 Å². The van der Waals surface area contributed by atoms with Crippen molar-refractivity contribution in [2.45, 2.75) is 57.3 Å². The number of hydrogen-bond donors (Lipinski definition) is 3. The quantitative estimate of drug-likeness (QED) is 0.646. The number of nitrogens with zero attached hydrogens (tertiary/aromatic N) is 1. The molecule has 4 amide bonds. The molecule has 3 N–H and O–H groups in total. The van der Waals surface area contributed by atoms with E-state index in [1.54, 1.807) is 12.1 Å². The van der Waals surface area contributed by atoms with Gasteiger partial charge < -0.3 is 10.6 Å². The number of carbonyl (C=O) groups excluding carboxylic acids is 4. The van der Waals surface area contributed by atoms with Crippen LogP contribution in [0.15, 0.2) is 18.2 Å². The summed E-state index contributed by atoms with van der Waals surface area (Å²) >= 11 is 0. The van der Waals surface area contributed by atoms with Crippen LogP contribution < -0.4 is 16.0 Å². The van der Waals surface area contributed by atoms with Gasteiger partial charge in [-0.25, -0.2) is 0 Å². The standard InChI is InChI=1S/C20H24N4O4/c1-11-14(6-3-9-21-11)22-10-12-4-2-5-13-17(12)20(28)24(19(13)27)15-7-8-16(25)23-18(15)26/h2,4-5,11,14-15,21-22H,3,6-10H2,1H3,(H,23,25,26)/t11-,14-,15?/m0/s1. The Morgan fingerprint density at radius 3 is 2.71 bits per heavy atom. The number of imide groups is 2. The zero-order chi connectivity index (χ0) is 19.8. The maximum absolute atomic E-state index is 13.1. The molecule has 8 nitrogen and oxygen atoms in total. The predicted molar refractivity (Wildman–Crippen MR) is 100 cm³/mol. The molecule has 3 aliphatic rings. The molecule has 0 bridgehead atoms. The fourth-order valence-electron chi connectivity index (χ4n) is 4.30. The van der Waals surface area contributed by atoms with Gasteiger partial charge in [0.05, 0.1) is 11.1 Å². The van der Waals surface area contributed by atoms with Gasteiger partial charge in [0.2, 0.25) is 11.8 Å². The number of hydrogen-bond acceptors (Lipinski definition) is 6. The first kappa shape index (κ1) is 18.8. The van der Waals surface area contributed by atoms with Gasteiger partial charge in [0, 0.05) is 25.0 Å². The third kappa shape index (κ3) is 3.22. The summed E-state index contributed by atoms with van der Waals surface area (Å²) in [5.74, 6) is -1.89. The summed E-state index contributed by atoms with van der Waals surface area (Å²) < 4.78 is 0. The molecule has 0 aromatic heterocycles. The van der Waals surface area contributed by atoms with Crippen LogP contribution in [0.2, 0.25) is 0 Å². The predicted octanol–water partition coefficient (Wildman–Crippen LogP) is 0.318. The van der Waals surface area contributed by atoms with Gasteiger partial charge in [-0.05, 0) is 44.4 Å². The lowest BCUT2D eigenvalue weighted by Gasteiger charge is -2.31. The number of rotatable bonds is 4. The molecule has 2 fully saturated rings. The number of nitrogens with one attached hydrogen (secondary N) is 3. The highest BCUT2D eigenvalue weighted by Crippen LogP contribution is 2.30. The second kappa shape index (κ2) is 7.44. The van der Waals surface area contributed by atoms with Gasteiger partial charge in [0.25, 0.3) is 11.8 Å². The monoisotopic (exact) mass is 384 g/mol. The van der Waals surface area contributed by atoms with Crippen LogP contribution in [0.25, 0.3) is 0 Å². The molecule has 0 spiro atoms. The van der Waals surface area contributed by atoms with Crippen molar-refractivity contribution in [3.8, 4) is 0 Å². The van der Waals surface area contributed by atoms with Crippen molar-refractivity contribution in [3.63, 3.8) is 0 Å². The SMILES string of the molecule is C[C@@H]1NCCC[C@@H]1NCc1cccc2c1C(=O)N(C1CCC(=O)NC1=O)C2=O. The van der Waals surface area contributed by atoms with Gasteiger partial charge in [0.1, 0.15) is 6.04 Å². The van der Waals surface area contributed by atoms with E-state index in [0.29, 0.717) is 29.8 Å². The largest absolute Gasteiger partial charge is 0.313 e. The second-order valence-corrected chi connectivity index (χ2v) is 7.66. The zero-order valence-corrected chi connectivity index (χ0v) is 15.8. The summed E-state index contributed by atoms with van der Waals surface area (Å²) in [6.07, 6.45) is 2.42. The van der Waals surface area contributed by atoms with Crippen LogP contribution in [0.5, 0.6) is 0 Å². The Hall–Kier alpha value is -2.58. The van der Waals surface area contributed by atoms with Crippen LogP contribution in [-0.4, -0.2) is 53.2 Å². The van der Waals surface area contributed by atoms with Gasteiger partial charge in [-0.3, -0.25) is 29.4 Å². The molecule has 3 aliphatic heterocycles. The molecule has 3 atom stereocenters. The van der Waals surface area contributed by atoms with Crippen molar-refractivity contribution in [2.24, 2.45) is 0 Å². The Labute approximate surface area is 163 Å². The van der Waals surface area contributed by atoms with Gasteiger partial charge in [-0.2, -0.15) is 0 Å². The highest BCUT2D eigenvalue weighted by Gasteiger charge is 2.45. The third-order valence-corrected chi connectivity index (χ3v) is 5.87. The molecule has 148 valence electrons. The fraction of sp³-hybridized carbons (Fsp3) is 0.500. The fourth-order valence-corrected chi connectivity index (χ4v) is 4.30. The first-order chi connectivity index (χ1) is 13.5. The Morgan fingerprint density at radius 2 is 1.96 bits per heavy atom. The van der Waals surface area contributed by atoms with Crippen LogP contribution in [0.1, 0.15) is 58.9 Å². The maximum atomic E-state index is 13.1. The number of fused-ring (bicyclic) bond motifs is 1. The van der Waals surface area contributed by atoms with E-state index in [2.05, 4.69) is 22.9 Å². The third-order valence-electron chi connectivity index (χ3n) is 5.87. The van der Waals surface area contributed by atoms with Crippen LogP contribution >= 0.6 is 0 Å². The van der Waals surface area contributed by atoms with Crippen LogP contribution in [0, 0.1) is 0 Å². The molecule has 1 unspecified atom stereocenters. The van der Waals surface area contributed by atoms with Crippen LogP contribution in [0.3, 0.4) is 0 Å². The molecule has 28 heavy (non-hydrogen) atoms. The van der Waals surface area contributed by atoms with Crippen molar-refractivity contribution >= 4 is 23.6 Å². The first-order valence-electron chi connectivity index (χ1n) is 9.77. The average molecular weight is 384 g/mol. The van der Waals surface area contributed by atoms with Gasteiger partial charge in [0.15, 0.2) is 0 Å². The minimum Gasteiger partial charge on any atom is -0.313 e. The number of piperidine rings is 2. The van der Waals surface area contributed by atoms with Gasteiger partial charge in [-0.1, -0.05) is 12.1 Å². The van der Waals surface area contributed by atoms with E-state index in [1.807, 2.05) is 6.07 Å². The lowest BCUT2D eigenvalue weighted by molar-refractivity contribution is -0.136. The lowest BCUT2D eigenvalue weighted by atomic mass is 9.98. The Balaban J connectivity index is 1.56. The van der Waals surface area contributed by atoms with E-state index in [9.17, 15) is 19.2 Å². The van der Waals surface area contributed by atoms with E-state index >= 15 is 0 Å². The molecular formula is C20H24N4O4. The molecule has 3 heterocycles. The molecule has 4 rings (SSSR count). The van der Waals surface area contributed by atoms with E-state index in [1.165, 1.54) is 0 Å². The Morgan fingerprint density at radius 1 is 1.14 bits per heavy atom. The average Bonchev–Trinajstić information content (AvgIpc) is 2.93. The summed E-state index contributed by atoms with van der Waals surface area (Å²) in [6.45, 7) is 3.61. The molecular weight excluding hydrogens is 360 g/mol. The second-order valence-electron chi connectivity index (χ2n) is 7.66. The van der Waals surface area contributed by atoms with Crippen molar-refractivity contribution in [1.82, 2.24) is 20.9 Å². The summed E-state index contributed by atoms with van der Waals surface area (Å²) in [7, 11) is 0. The van der Waals surface area contributed by atoms with Crippen LogP contribution in [-0.2, 0) is 16.1 Å². The van der Waals surface area contributed by atoms with E-state index in [0.717, 1.165) is 29.8 Å². The Kier molecular flexibility index (Phi) is 4.99. The van der Waals surface area contributed by atoms with E-state index in [-0.39, 0.29) is 18.7 Å². The smallest absolute Gasteiger partial charge is 0.262 e. The number of carbonyl (C=O) groups is 4. The van der Waals surface area contributed by atoms with Gasteiger partial charge in [-0.15, -0.1) is 0 Å². The van der Waals surface area contributed by atoms with Crippen molar-refractivity contribution < 1.29 is 19.2 Å². The molecule has 8 heteroatoms. The zero-order valence-electron chi connectivity index (χ0n) is 15.8. The minimum absolute atomic E-state index is 0.116. The minimum atomic E-state index is -0.937. The lowest BCUT2D eigenvalue weighted by Crippen LogP contribution is -2.54. The summed E-state index contributed by atoms with van der Waals surface area (Å²) in [6, 6.07) is 4.92.